The lowest BCUT2D eigenvalue weighted by Crippen LogP contribution is -2.25. The van der Waals surface area contributed by atoms with Crippen molar-refractivity contribution in [1.29, 1.82) is 0 Å². The van der Waals surface area contributed by atoms with Crippen molar-refractivity contribution >= 4 is 21.8 Å². The van der Waals surface area contributed by atoms with Gasteiger partial charge in [-0.1, -0.05) is 30.3 Å². The second kappa shape index (κ2) is 6.40. The second-order valence-corrected chi connectivity index (χ2v) is 4.99. The van der Waals surface area contributed by atoms with Gasteiger partial charge in [-0.05, 0) is 40.4 Å². The summed E-state index contributed by atoms with van der Waals surface area (Å²) in [5, 5.41) is 2.89. The van der Waals surface area contributed by atoms with Gasteiger partial charge in [0.2, 0.25) is 0 Å². The molecule has 2 N–H and O–H groups in total. The summed E-state index contributed by atoms with van der Waals surface area (Å²) in [4.78, 5) is 14.6. The molecule has 18 heavy (non-hydrogen) atoms. The van der Waals surface area contributed by atoms with Crippen molar-refractivity contribution < 1.29 is 4.79 Å². The van der Waals surface area contributed by atoms with E-state index in [2.05, 4.69) is 38.4 Å². The first-order valence-corrected chi connectivity index (χ1v) is 6.71. The Morgan fingerprint density at radius 3 is 2.72 bits per heavy atom. The lowest BCUT2D eigenvalue weighted by atomic mass is 10.1. The van der Waals surface area contributed by atoms with Crippen LogP contribution in [-0.4, -0.2) is 17.4 Å². The van der Waals surface area contributed by atoms with Crippen molar-refractivity contribution in [2.24, 2.45) is 0 Å². The maximum absolute atomic E-state index is 11.7. The van der Waals surface area contributed by atoms with Gasteiger partial charge in [-0.2, -0.15) is 0 Å². The lowest BCUT2D eigenvalue weighted by molar-refractivity contribution is 0.0949. The Morgan fingerprint density at radius 1 is 1.28 bits per heavy atom. The smallest absolute Gasteiger partial charge is 0.267 e. The van der Waals surface area contributed by atoms with E-state index in [0.29, 0.717) is 12.2 Å². The standard InChI is InChI=1S/C14H15BrN2O/c15-12-9-13(17-10-12)14(18)16-8-4-7-11-5-2-1-3-6-11/h1-3,5-6,9-10,17H,4,7-8H2,(H,16,18). The third kappa shape index (κ3) is 3.74. The molecule has 1 amide bonds. The van der Waals surface area contributed by atoms with Crippen LogP contribution in [0.3, 0.4) is 0 Å². The van der Waals surface area contributed by atoms with E-state index in [1.165, 1.54) is 5.56 Å². The third-order valence-corrected chi connectivity index (χ3v) is 3.12. The number of hydrogen-bond donors (Lipinski definition) is 2. The highest BCUT2D eigenvalue weighted by molar-refractivity contribution is 9.10. The SMILES string of the molecule is O=C(NCCCc1ccccc1)c1cc(Br)c[nH]1. The fraction of sp³-hybridized carbons (Fsp3) is 0.214. The minimum atomic E-state index is -0.0613. The normalized spacial score (nSPS) is 10.3. The summed E-state index contributed by atoms with van der Waals surface area (Å²) in [6, 6.07) is 12.0. The number of amides is 1. The Labute approximate surface area is 115 Å². The Kier molecular flexibility index (Phi) is 4.59. The van der Waals surface area contributed by atoms with Crippen molar-refractivity contribution in [2.45, 2.75) is 12.8 Å². The van der Waals surface area contributed by atoms with E-state index in [1.54, 1.807) is 12.3 Å². The highest BCUT2D eigenvalue weighted by Crippen LogP contribution is 2.10. The molecule has 3 nitrogen and oxygen atoms in total. The molecular formula is C14H15BrN2O. The molecule has 0 radical (unpaired) electrons. The molecule has 0 aliphatic heterocycles. The summed E-state index contributed by atoms with van der Waals surface area (Å²) in [7, 11) is 0. The van der Waals surface area contributed by atoms with Crippen LogP contribution in [0.5, 0.6) is 0 Å². The third-order valence-electron chi connectivity index (χ3n) is 2.66. The molecule has 1 heterocycles. The van der Waals surface area contributed by atoms with Gasteiger partial charge in [0, 0.05) is 17.2 Å². The molecule has 0 atom stereocenters. The van der Waals surface area contributed by atoms with Crippen molar-refractivity contribution in [2.75, 3.05) is 6.54 Å². The molecular weight excluding hydrogens is 292 g/mol. The number of halogens is 1. The zero-order valence-corrected chi connectivity index (χ0v) is 11.5. The lowest BCUT2D eigenvalue weighted by Gasteiger charge is -2.04. The van der Waals surface area contributed by atoms with E-state index >= 15 is 0 Å². The van der Waals surface area contributed by atoms with Crippen LogP contribution >= 0.6 is 15.9 Å². The molecule has 4 heteroatoms. The largest absolute Gasteiger partial charge is 0.356 e. The summed E-state index contributed by atoms with van der Waals surface area (Å²) in [5.74, 6) is -0.0613. The summed E-state index contributed by atoms with van der Waals surface area (Å²) in [6.07, 6.45) is 3.67. The predicted octanol–water partition coefficient (Wildman–Crippen LogP) is 3.14. The molecule has 0 saturated heterocycles. The average molecular weight is 307 g/mol. The van der Waals surface area contributed by atoms with E-state index in [0.717, 1.165) is 17.3 Å². The van der Waals surface area contributed by atoms with Crippen LogP contribution in [0.1, 0.15) is 22.5 Å². The first-order valence-electron chi connectivity index (χ1n) is 5.92. The van der Waals surface area contributed by atoms with Gasteiger partial charge in [0.1, 0.15) is 5.69 Å². The molecule has 2 aromatic rings. The Hall–Kier alpha value is -1.55. The number of rotatable bonds is 5. The molecule has 0 fully saturated rings. The predicted molar refractivity (Wildman–Crippen MR) is 75.6 cm³/mol. The first-order chi connectivity index (χ1) is 8.75. The topological polar surface area (TPSA) is 44.9 Å². The van der Waals surface area contributed by atoms with E-state index in [-0.39, 0.29) is 5.91 Å². The van der Waals surface area contributed by atoms with Crippen LogP contribution in [0.4, 0.5) is 0 Å². The van der Waals surface area contributed by atoms with Crippen LogP contribution in [-0.2, 0) is 6.42 Å². The fourth-order valence-electron chi connectivity index (χ4n) is 1.73. The number of hydrogen-bond acceptors (Lipinski definition) is 1. The van der Waals surface area contributed by atoms with Crippen LogP contribution in [0, 0.1) is 0 Å². The Bertz CT molecular complexity index is 508. The summed E-state index contributed by atoms with van der Waals surface area (Å²) >= 11 is 3.30. The minimum Gasteiger partial charge on any atom is -0.356 e. The van der Waals surface area contributed by atoms with Gasteiger partial charge >= 0.3 is 0 Å². The second-order valence-electron chi connectivity index (χ2n) is 4.08. The number of aromatic nitrogens is 1. The monoisotopic (exact) mass is 306 g/mol. The summed E-state index contributed by atoms with van der Waals surface area (Å²) in [6.45, 7) is 0.685. The number of nitrogens with one attached hydrogen (secondary N) is 2. The maximum Gasteiger partial charge on any atom is 0.267 e. The molecule has 1 aromatic heterocycles. The number of carbonyl (C=O) groups is 1. The zero-order chi connectivity index (χ0) is 12.8. The molecule has 1 aromatic carbocycles. The van der Waals surface area contributed by atoms with Crippen molar-refractivity contribution in [3.8, 4) is 0 Å². The minimum absolute atomic E-state index is 0.0613. The highest BCUT2D eigenvalue weighted by Gasteiger charge is 2.06. The molecule has 2 rings (SSSR count). The fourth-order valence-corrected chi connectivity index (χ4v) is 2.08. The van der Waals surface area contributed by atoms with Gasteiger partial charge in [0.05, 0.1) is 0 Å². The van der Waals surface area contributed by atoms with Gasteiger partial charge in [-0.25, -0.2) is 0 Å². The molecule has 0 unspecified atom stereocenters. The molecule has 0 spiro atoms. The van der Waals surface area contributed by atoms with Gasteiger partial charge in [0.25, 0.3) is 5.91 Å². The highest BCUT2D eigenvalue weighted by atomic mass is 79.9. The first kappa shape index (κ1) is 12.9. The van der Waals surface area contributed by atoms with E-state index in [9.17, 15) is 4.79 Å². The molecule has 94 valence electrons. The summed E-state index contributed by atoms with van der Waals surface area (Å²) < 4.78 is 0.886. The molecule has 0 aliphatic rings. The molecule has 0 saturated carbocycles. The number of aromatic amines is 1. The molecule has 0 bridgehead atoms. The van der Waals surface area contributed by atoms with Crippen molar-refractivity contribution in [3.05, 3.63) is 58.3 Å². The average Bonchev–Trinajstić information content (AvgIpc) is 2.82. The zero-order valence-electron chi connectivity index (χ0n) is 9.95. The van der Waals surface area contributed by atoms with Gasteiger partial charge in [-0.3, -0.25) is 4.79 Å². The molecule has 0 aliphatic carbocycles. The summed E-state index contributed by atoms with van der Waals surface area (Å²) in [5.41, 5.74) is 1.89. The van der Waals surface area contributed by atoms with E-state index in [1.807, 2.05) is 18.2 Å². The van der Waals surface area contributed by atoms with Crippen LogP contribution in [0.25, 0.3) is 0 Å². The quantitative estimate of drug-likeness (QED) is 0.819. The van der Waals surface area contributed by atoms with E-state index < -0.39 is 0 Å². The number of carbonyl (C=O) groups excluding carboxylic acids is 1. The number of aryl methyl sites for hydroxylation is 1. The van der Waals surface area contributed by atoms with Crippen LogP contribution in [0.2, 0.25) is 0 Å². The Balaban J connectivity index is 1.71. The number of benzene rings is 1. The van der Waals surface area contributed by atoms with Crippen LogP contribution < -0.4 is 5.32 Å². The van der Waals surface area contributed by atoms with Gasteiger partial charge in [-0.15, -0.1) is 0 Å². The van der Waals surface area contributed by atoms with Gasteiger partial charge < -0.3 is 10.3 Å². The van der Waals surface area contributed by atoms with Gasteiger partial charge in [0.15, 0.2) is 0 Å². The van der Waals surface area contributed by atoms with Crippen LogP contribution in [0.15, 0.2) is 47.1 Å². The van der Waals surface area contributed by atoms with E-state index in [4.69, 9.17) is 0 Å². The van der Waals surface area contributed by atoms with Crippen molar-refractivity contribution in [1.82, 2.24) is 10.3 Å². The van der Waals surface area contributed by atoms with Crippen molar-refractivity contribution in [3.63, 3.8) is 0 Å². The Morgan fingerprint density at radius 2 is 2.06 bits per heavy atom. The maximum atomic E-state index is 11.7. The number of H-pyrrole nitrogens is 1.